The van der Waals surface area contributed by atoms with Crippen molar-refractivity contribution in [3.8, 4) is 0 Å². The molecule has 0 bridgehead atoms. The van der Waals surface area contributed by atoms with Crippen LogP contribution in [0.25, 0.3) is 0 Å². The second-order valence-electron chi connectivity index (χ2n) is 4.46. The lowest BCUT2D eigenvalue weighted by Crippen LogP contribution is -2.12. The van der Waals surface area contributed by atoms with Crippen LogP contribution in [-0.2, 0) is 11.2 Å². The van der Waals surface area contributed by atoms with Gasteiger partial charge < -0.3 is 10.4 Å². The minimum atomic E-state index is -0.960. The van der Waals surface area contributed by atoms with Gasteiger partial charge in [-0.25, -0.2) is 4.79 Å². The van der Waals surface area contributed by atoms with Crippen molar-refractivity contribution < 1.29 is 14.7 Å². The Morgan fingerprint density at radius 2 is 2.10 bits per heavy atom. The zero-order chi connectivity index (χ0) is 14.5. The normalized spacial score (nSPS) is 10.2. The summed E-state index contributed by atoms with van der Waals surface area (Å²) in [6.07, 6.45) is 1.13. The number of anilines is 1. The lowest BCUT2D eigenvalue weighted by molar-refractivity contribution is -0.116. The number of aromatic carboxylic acids is 1. The van der Waals surface area contributed by atoms with E-state index in [9.17, 15) is 9.59 Å². The Kier molecular flexibility index (Phi) is 4.53. The molecule has 5 heteroatoms. The molecule has 0 aliphatic carbocycles. The molecule has 0 radical (unpaired) electrons. The van der Waals surface area contributed by atoms with Crippen molar-refractivity contribution in [2.75, 3.05) is 5.32 Å². The Bertz CT molecular complexity index is 620. The van der Waals surface area contributed by atoms with Crippen LogP contribution in [0.3, 0.4) is 0 Å². The second-order valence-corrected chi connectivity index (χ2v) is 5.49. The molecule has 1 amide bonds. The summed E-state index contributed by atoms with van der Waals surface area (Å²) >= 11 is 1.63. The van der Waals surface area contributed by atoms with Gasteiger partial charge in [0.15, 0.2) is 0 Å². The van der Waals surface area contributed by atoms with E-state index < -0.39 is 5.97 Å². The molecule has 2 aromatic rings. The number of nitrogens with one attached hydrogen (secondary N) is 1. The molecule has 0 spiro atoms. The van der Waals surface area contributed by atoms with Gasteiger partial charge in [-0.05, 0) is 48.6 Å². The number of amides is 1. The van der Waals surface area contributed by atoms with E-state index in [1.54, 1.807) is 30.4 Å². The second kappa shape index (κ2) is 6.34. The summed E-state index contributed by atoms with van der Waals surface area (Å²) in [5.41, 5.74) is 1.51. The van der Waals surface area contributed by atoms with Crippen molar-refractivity contribution >= 4 is 28.9 Å². The highest BCUT2D eigenvalue weighted by Gasteiger charge is 2.09. The number of thiophene rings is 1. The Labute approximate surface area is 121 Å². The van der Waals surface area contributed by atoms with Crippen molar-refractivity contribution in [2.24, 2.45) is 0 Å². The fraction of sp³-hybridized carbons (Fsp3) is 0.200. The minimum absolute atomic E-state index is 0.0686. The number of hydrogen-bond donors (Lipinski definition) is 2. The molecule has 20 heavy (non-hydrogen) atoms. The first-order valence-corrected chi connectivity index (χ1v) is 7.10. The number of rotatable bonds is 5. The average molecular weight is 289 g/mol. The third-order valence-electron chi connectivity index (χ3n) is 2.92. The molecule has 0 unspecified atom stereocenters. The van der Waals surface area contributed by atoms with E-state index in [1.165, 1.54) is 10.9 Å². The van der Waals surface area contributed by atoms with Crippen molar-refractivity contribution in [1.82, 2.24) is 0 Å². The number of carbonyl (C=O) groups is 2. The van der Waals surface area contributed by atoms with Gasteiger partial charge in [0, 0.05) is 17.0 Å². The van der Waals surface area contributed by atoms with E-state index in [0.29, 0.717) is 17.7 Å². The number of carboxylic acids is 1. The molecule has 0 fully saturated rings. The average Bonchev–Trinajstić information content (AvgIpc) is 2.89. The highest BCUT2D eigenvalue weighted by molar-refractivity contribution is 7.09. The van der Waals surface area contributed by atoms with Crippen LogP contribution in [0.5, 0.6) is 0 Å². The maximum atomic E-state index is 11.8. The highest BCUT2D eigenvalue weighted by Crippen LogP contribution is 2.16. The summed E-state index contributed by atoms with van der Waals surface area (Å²) in [4.78, 5) is 23.9. The summed E-state index contributed by atoms with van der Waals surface area (Å²) in [5, 5.41) is 13.7. The summed E-state index contributed by atoms with van der Waals surface area (Å²) in [6.45, 7) is 1.71. The molecule has 104 valence electrons. The highest BCUT2D eigenvalue weighted by atomic mass is 32.1. The summed E-state index contributed by atoms with van der Waals surface area (Å²) in [7, 11) is 0. The van der Waals surface area contributed by atoms with Crippen LogP contribution in [0.2, 0.25) is 0 Å². The molecule has 1 aromatic carbocycles. The van der Waals surface area contributed by atoms with Gasteiger partial charge in [0.25, 0.3) is 0 Å². The number of carboxylic acid groups (broad SMARTS) is 1. The van der Waals surface area contributed by atoms with E-state index >= 15 is 0 Å². The van der Waals surface area contributed by atoms with E-state index in [1.807, 2.05) is 17.5 Å². The van der Waals surface area contributed by atoms with Crippen LogP contribution in [0.4, 0.5) is 5.69 Å². The smallest absolute Gasteiger partial charge is 0.335 e. The fourth-order valence-corrected chi connectivity index (χ4v) is 2.61. The van der Waals surface area contributed by atoms with Crippen LogP contribution in [0, 0.1) is 6.92 Å². The predicted octanol–water partition coefficient (Wildman–Crippen LogP) is 3.33. The summed E-state index contributed by atoms with van der Waals surface area (Å²) in [5.74, 6) is -1.03. The van der Waals surface area contributed by atoms with Gasteiger partial charge in [-0.2, -0.15) is 0 Å². The summed E-state index contributed by atoms with van der Waals surface area (Å²) in [6, 6.07) is 8.76. The largest absolute Gasteiger partial charge is 0.478 e. The number of hydrogen-bond acceptors (Lipinski definition) is 3. The molecule has 0 saturated carbocycles. The van der Waals surface area contributed by atoms with Crippen LogP contribution in [-0.4, -0.2) is 17.0 Å². The fourth-order valence-electron chi connectivity index (χ4n) is 1.90. The first-order chi connectivity index (χ1) is 9.56. The zero-order valence-corrected chi connectivity index (χ0v) is 11.9. The lowest BCUT2D eigenvalue weighted by Gasteiger charge is -2.07. The molecule has 4 nitrogen and oxygen atoms in total. The first kappa shape index (κ1) is 14.3. The van der Waals surface area contributed by atoms with Gasteiger partial charge >= 0.3 is 5.97 Å². The zero-order valence-electron chi connectivity index (χ0n) is 11.1. The molecule has 0 aliphatic rings. The molecule has 0 saturated heterocycles. The third-order valence-corrected chi connectivity index (χ3v) is 3.86. The van der Waals surface area contributed by atoms with Crippen molar-refractivity contribution in [3.05, 3.63) is 51.7 Å². The van der Waals surface area contributed by atoms with E-state index in [0.717, 1.165) is 6.42 Å². The quantitative estimate of drug-likeness (QED) is 0.887. The minimum Gasteiger partial charge on any atom is -0.478 e. The van der Waals surface area contributed by atoms with Gasteiger partial charge in [-0.15, -0.1) is 11.3 Å². The Balaban J connectivity index is 1.94. The monoisotopic (exact) mass is 289 g/mol. The van der Waals surface area contributed by atoms with Crippen LogP contribution < -0.4 is 5.32 Å². The standard InChI is InChI=1S/C15H15NO3S/c1-10-9-11(4-6-13(10)15(18)19)16-14(17)7-5-12-3-2-8-20-12/h2-4,6,8-9H,5,7H2,1H3,(H,16,17)(H,18,19). The summed E-state index contributed by atoms with van der Waals surface area (Å²) < 4.78 is 0. The van der Waals surface area contributed by atoms with E-state index in [-0.39, 0.29) is 11.5 Å². The van der Waals surface area contributed by atoms with Gasteiger partial charge in [0.05, 0.1) is 5.56 Å². The maximum Gasteiger partial charge on any atom is 0.335 e. The molecule has 2 N–H and O–H groups in total. The lowest BCUT2D eigenvalue weighted by atomic mass is 10.1. The van der Waals surface area contributed by atoms with Gasteiger partial charge in [0.2, 0.25) is 5.91 Å². The van der Waals surface area contributed by atoms with Crippen molar-refractivity contribution in [3.63, 3.8) is 0 Å². The first-order valence-electron chi connectivity index (χ1n) is 6.22. The third kappa shape index (κ3) is 3.68. The molecule has 1 heterocycles. The van der Waals surface area contributed by atoms with E-state index in [4.69, 9.17) is 5.11 Å². The van der Waals surface area contributed by atoms with Crippen molar-refractivity contribution in [1.29, 1.82) is 0 Å². The Morgan fingerprint density at radius 1 is 1.30 bits per heavy atom. The number of aryl methyl sites for hydroxylation is 2. The molecule has 2 rings (SSSR count). The van der Waals surface area contributed by atoms with Gasteiger partial charge in [-0.3, -0.25) is 4.79 Å². The maximum absolute atomic E-state index is 11.8. The van der Waals surface area contributed by atoms with Gasteiger partial charge in [-0.1, -0.05) is 6.07 Å². The predicted molar refractivity (Wildman–Crippen MR) is 79.4 cm³/mol. The number of carbonyl (C=O) groups excluding carboxylic acids is 1. The Morgan fingerprint density at radius 3 is 2.70 bits per heavy atom. The molecular weight excluding hydrogens is 274 g/mol. The number of benzene rings is 1. The van der Waals surface area contributed by atoms with Crippen molar-refractivity contribution in [2.45, 2.75) is 19.8 Å². The van der Waals surface area contributed by atoms with Crippen LogP contribution in [0.15, 0.2) is 35.7 Å². The van der Waals surface area contributed by atoms with Gasteiger partial charge in [0.1, 0.15) is 0 Å². The van der Waals surface area contributed by atoms with Crippen LogP contribution >= 0.6 is 11.3 Å². The molecule has 0 aliphatic heterocycles. The molecular formula is C15H15NO3S. The SMILES string of the molecule is Cc1cc(NC(=O)CCc2cccs2)ccc1C(=O)O. The topological polar surface area (TPSA) is 66.4 Å². The van der Waals surface area contributed by atoms with E-state index in [2.05, 4.69) is 5.32 Å². The Hall–Kier alpha value is -2.14. The molecule has 0 atom stereocenters. The molecule has 1 aromatic heterocycles. The van der Waals surface area contributed by atoms with Crippen LogP contribution in [0.1, 0.15) is 27.2 Å².